The number of benzene rings is 1. The zero-order valence-electron chi connectivity index (χ0n) is 8.84. The summed E-state index contributed by atoms with van der Waals surface area (Å²) in [5.41, 5.74) is 2.56. The number of aryl methyl sites for hydroxylation is 1. The van der Waals surface area contributed by atoms with Gasteiger partial charge in [0.1, 0.15) is 11.4 Å². The van der Waals surface area contributed by atoms with Crippen LogP contribution in [-0.2, 0) is 6.42 Å². The molecule has 0 saturated heterocycles. The highest BCUT2D eigenvalue weighted by atomic mass is 16.5. The Balaban J connectivity index is 2.29. The van der Waals surface area contributed by atoms with E-state index in [4.69, 9.17) is 4.74 Å². The van der Waals surface area contributed by atoms with E-state index in [0.717, 1.165) is 18.6 Å². The van der Waals surface area contributed by atoms with Crippen LogP contribution in [0.4, 0.5) is 0 Å². The second-order valence-electron chi connectivity index (χ2n) is 4.33. The van der Waals surface area contributed by atoms with E-state index in [1.807, 2.05) is 6.08 Å². The first-order chi connectivity index (χ1) is 6.63. The van der Waals surface area contributed by atoms with Gasteiger partial charge in [-0.05, 0) is 25.5 Å². The molecule has 1 aromatic rings. The average molecular weight is 188 g/mol. The monoisotopic (exact) mass is 188 g/mol. The molecule has 0 saturated carbocycles. The lowest BCUT2D eigenvalue weighted by molar-refractivity contribution is 0.120. The summed E-state index contributed by atoms with van der Waals surface area (Å²) in [6, 6.07) is 6.38. The van der Waals surface area contributed by atoms with Crippen LogP contribution in [-0.4, -0.2) is 5.60 Å². The van der Waals surface area contributed by atoms with E-state index < -0.39 is 0 Å². The molecule has 1 aliphatic heterocycles. The standard InChI is InChI=1S/C13H16O/c1-4-7-13(3)9-11-8-10(2)5-6-12(11)14-13/h4-6,8H,1,7,9H2,2-3H3. The molecule has 1 unspecified atom stereocenters. The van der Waals surface area contributed by atoms with Gasteiger partial charge in [0, 0.05) is 12.8 Å². The molecule has 1 aromatic carbocycles. The molecule has 2 rings (SSSR count). The molecule has 0 radical (unpaired) electrons. The fourth-order valence-corrected chi connectivity index (χ4v) is 2.07. The maximum atomic E-state index is 5.92. The number of rotatable bonds is 2. The Kier molecular flexibility index (Phi) is 2.10. The van der Waals surface area contributed by atoms with Crippen molar-refractivity contribution in [1.82, 2.24) is 0 Å². The molecule has 0 amide bonds. The Morgan fingerprint density at radius 2 is 2.36 bits per heavy atom. The van der Waals surface area contributed by atoms with Gasteiger partial charge in [-0.25, -0.2) is 0 Å². The Hall–Kier alpha value is -1.24. The molecule has 1 atom stereocenters. The summed E-state index contributed by atoms with van der Waals surface area (Å²) in [5, 5.41) is 0. The van der Waals surface area contributed by atoms with Crippen molar-refractivity contribution in [3.8, 4) is 5.75 Å². The van der Waals surface area contributed by atoms with Crippen molar-refractivity contribution in [3.63, 3.8) is 0 Å². The summed E-state index contributed by atoms with van der Waals surface area (Å²) in [7, 11) is 0. The van der Waals surface area contributed by atoms with Crippen molar-refractivity contribution in [1.29, 1.82) is 0 Å². The second kappa shape index (κ2) is 3.16. The molecule has 0 aromatic heterocycles. The number of hydrogen-bond donors (Lipinski definition) is 0. The van der Waals surface area contributed by atoms with E-state index in [0.29, 0.717) is 0 Å². The van der Waals surface area contributed by atoms with Crippen molar-refractivity contribution in [3.05, 3.63) is 42.0 Å². The predicted molar refractivity (Wildman–Crippen MR) is 58.7 cm³/mol. The van der Waals surface area contributed by atoms with Crippen LogP contribution in [0.3, 0.4) is 0 Å². The molecule has 0 fully saturated rings. The van der Waals surface area contributed by atoms with Gasteiger partial charge in [-0.2, -0.15) is 0 Å². The van der Waals surface area contributed by atoms with E-state index in [9.17, 15) is 0 Å². The molecule has 0 bridgehead atoms. The predicted octanol–water partition coefficient (Wildman–Crippen LogP) is 3.26. The summed E-state index contributed by atoms with van der Waals surface area (Å²) in [5.74, 6) is 1.04. The SMILES string of the molecule is C=CCC1(C)Cc2cc(C)ccc2O1. The fourth-order valence-electron chi connectivity index (χ4n) is 2.07. The molecule has 1 heterocycles. The summed E-state index contributed by atoms with van der Waals surface area (Å²) >= 11 is 0. The van der Waals surface area contributed by atoms with Crippen LogP contribution in [0, 0.1) is 6.92 Å². The molecule has 74 valence electrons. The zero-order chi connectivity index (χ0) is 10.2. The van der Waals surface area contributed by atoms with Crippen molar-refractivity contribution in [2.45, 2.75) is 32.3 Å². The van der Waals surface area contributed by atoms with Crippen molar-refractivity contribution in [2.24, 2.45) is 0 Å². The zero-order valence-corrected chi connectivity index (χ0v) is 8.84. The van der Waals surface area contributed by atoms with Crippen molar-refractivity contribution < 1.29 is 4.74 Å². The normalized spacial score (nSPS) is 24.1. The Morgan fingerprint density at radius 3 is 3.07 bits per heavy atom. The van der Waals surface area contributed by atoms with E-state index in [2.05, 4.69) is 38.6 Å². The molecule has 0 aliphatic carbocycles. The van der Waals surface area contributed by atoms with Gasteiger partial charge in [0.15, 0.2) is 0 Å². The molecular formula is C13H16O. The third kappa shape index (κ3) is 1.54. The van der Waals surface area contributed by atoms with Crippen LogP contribution in [0.15, 0.2) is 30.9 Å². The molecule has 1 nitrogen and oxygen atoms in total. The van der Waals surface area contributed by atoms with Crippen molar-refractivity contribution >= 4 is 0 Å². The minimum Gasteiger partial charge on any atom is -0.487 e. The van der Waals surface area contributed by atoms with Crippen LogP contribution in [0.1, 0.15) is 24.5 Å². The molecule has 0 spiro atoms. The minimum atomic E-state index is -0.0716. The van der Waals surface area contributed by atoms with Crippen LogP contribution in [0.2, 0.25) is 0 Å². The van der Waals surface area contributed by atoms with Gasteiger partial charge in [-0.3, -0.25) is 0 Å². The highest BCUT2D eigenvalue weighted by molar-refractivity contribution is 5.41. The van der Waals surface area contributed by atoms with Crippen molar-refractivity contribution in [2.75, 3.05) is 0 Å². The third-order valence-corrected chi connectivity index (χ3v) is 2.71. The Bertz CT molecular complexity index is 367. The lowest BCUT2D eigenvalue weighted by Crippen LogP contribution is -2.29. The second-order valence-corrected chi connectivity index (χ2v) is 4.33. The first-order valence-electron chi connectivity index (χ1n) is 5.02. The third-order valence-electron chi connectivity index (χ3n) is 2.71. The number of ether oxygens (including phenoxy) is 1. The van der Waals surface area contributed by atoms with E-state index in [1.165, 1.54) is 11.1 Å². The summed E-state index contributed by atoms with van der Waals surface area (Å²) < 4.78 is 5.92. The molecule has 14 heavy (non-hydrogen) atoms. The number of hydrogen-bond acceptors (Lipinski definition) is 1. The van der Waals surface area contributed by atoms with Gasteiger partial charge in [0.25, 0.3) is 0 Å². The van der Waals surface area contributed by atoms with Crippen LogP contribution in [0.5, 0.6) is 5.75 Å². The van der Waals surface area contributed by atoms with Crippen LogP contribution < -0.4 is 4.74 Å². The van der Waals surface area contributed by atoms with Gasteiger partial charge in [0.2, 0.25) is 0 Å². The maximum absolute atomic E-state index is 5.92. The Labute approximate surface area is 85.4 Å². The average Bonchev–Trinajstić information content (AvgIpc) is 2.40. The maximum Gasteiger partial charge on any atom is 0.123 e. The topological polar surface area (TPSA) is 9.23 Å². The number of fused-ring (bicyclic) bond motifs is 1. The lowest BCUT2D eigenvalue weighted by atomic mass is 9.95. The first-order valence-corrected chi connectivity index (χ1v) is 5.02. The van der Waals surface area contributed by atoms with E-state index in [1.54, 1.807) is 0 Å². The largest absolute Gasteiger partial charge is 0.487 e. The fraction of sp³-hybridized carbons (Fsp3) is 0.385. The van der Waals surface area contributed by atoms with Gasteiger partial charge in [-0.15, -0.1) is 6.58 Å². The quantitative estimate of drug-likeness (QED) is 0.647. The summed E-state index contributed by atoms with van der Waals surface area (Å²) in [4.78, 5) is 0. The Morgan fingerprint density at radius 1 is 1.57 bits per heavy atom. The van der Waals surface area contributed by atoms with Crippen LogP contribution in [0.25, 0.3) is 0 Å². The lowest BCUT2D eigenvalue weighted by Gasteiger charge is -2.21. The van der Waals surface area contributed by atoms with E-state index >= 15 is 0 Å². The molecule has 1 heteroatoms. The molecule has 0 N–H and O–H groups in total. The molecular weight excluding hydrogens is 172 g/mol. The summed E-state index contributed by atoms with van der Waals surface area (Å²) in [6.07, 6.45) is 3.83. The smallest absolute Gasteiger partial charge is 0.123 e. The molecule has 1 aliphatic rings. The van der Waals surface area contributed by atoms with Gasteiger partial charge >= 0.3 is 0 Å². The summed E-state index contributed by atoms with van der Waals surface area (Å²) in [6.45, 7) is 8.03. The van der Waals surface area contributed by atoms with Crippen LogP contribution >= 0.6 is 0 Å². The van der Waals surface area contributed by atoms with E-state index in [-0.39, 0.29) is 5.60 Å². The van der Waals surface area contributed by atoms with Gasteiger partial charge in [-0.1, -0.05) is 23.8 Å². The first kappa shape index (κ1) is 9.32. The minimum absolute atomic E-state index is 0.0716. The van der Waals surface area contributed by atoms with Gasteiger partial charge in [0.05, 0.1) is 0 Å². The van der Waals surface area contributed by atoms with Gasteiger partial charge < -0.3 is 4.74 Å². The highest BCUT2D eigenvalue weighted by Crippen LogP contribution is 2.37. The highest BCUT2D eigenvalue weighted by Gasteiger charge is 2.33.